The van der Waals surface area contributed by atoms with Crippen LogP contribution in [-0.4, -0.2) is 24.4 Å². The standard InChI is InChI=1S/C28H26ClN5O4S/c29-21-9-4-3-8-19(21)17-30-24(35)11-2-1-6-14-33-27(37)26-22(12-15-39-26)34(28(33)38)18-20-16-25(36)32-13-7-5-10-23(32)31-20/h3-5,7-10,12-13,15-16H,1-2,6,11,14,17-18H2,(H,30,35). The number of benzene rings is 1. The zero-order valence-corrected chi connectivity index (χ0v) is 22.6. The van der Waals surface area contributed by atoms with Crippen molar-refractivity contribution in [3.63, 3.8) is 0 Å². The normalized spacial score (nSPS) is 11.3. The van der Waals surface area contributed by atoms with Crippen LogP contribution in [0.1, 0.15) is 36.9 Å². The van der Waals surface area contributed by atoms with E-state index in [0.717, 1.165) is 5.56 Å². The molecule has 1 aromatic carbocycles. The summed E-state index contributed by atoms with van der Waals surface area (Å²) in [4.78, 5) is 55.8. The van der Waals surface area contributed by atoms with Gasteiger partial charge in [-0.25, -0.2) is 9.78 Å². The molecule has 5 rings (SSSR count). The van der Waals surface area contributed by atoms with E-state index in [2.05, 4.69) is 10.3 Å². The molecule has 0 unspecified atom stereocenters. The van der Waals surface area contributed by atoms with E-state index in [1.165, 1.54) is 30.9 Å². The van der Waals surface area contributed by atoms with Gasteiger partial charge in [-0.2, -0.15) is 0 Å². The Bertz CT molecular complexity index is 1840. The van der Waals surface area contributed by atoms with Crippen LogP contribution < -0.4 is 22.1 Å². The van der Waals surface area contributed by atoms with Crippen molar-refractivity contribution in [3.8, 4) is 0 Å². The Morgan fingerprint density at radius 1 is 0.974 bits per heavy atom. The predicted molar refractivity (Wildman–Crippen MR) is 153 cm³/mol. The molecule has 0 saturated heterocycles. The van der Waals surface area contributed by atoms with Gasteiger partial charge in [0.2, 0.25) is 5.91 Å². The summed E-state index contributed by atoms with van der Waals surface area (Å²) < 4.78 is 4.65. The fourth-order valence-corrected chi connectivity index (χ4v) is 5.53. The Morgan fingerprint density at radius 3 is 2.64 bits per heavy atom. The molecule has 0 atom stereocenters. The molecule has 11 heteroatoms. The molecule has 0 saturated carbocycles. The van der Waals surface area contributed by atoms with Crippen LogP contribution in [0.2, 0.25) is 5.02 Å². The third-order valence-corrected chi connectivity index (χ3v) is 7.76. The second-order valence-electron chi connectivity index (χ2n) is 9.15. The number of carbonyl (C=O) groups excluding carboxylic acids is 1. The van der Waals surface area contributed by atoms with Crippen LogP contribution in [0, 0.1) is 0 Å². The van der Waals surface area contributed by atoms with Gasteiger partial charge in [-0.3, -0.25) is 27.9 Å². The highest BCUT2D eigenvalue weighted by Gasteiger charge is 2.15. The van der Waals surface area contributed by atoms with Crippen LogP contribution in [-0.2, 0) is 24.4 Å². The molecule has 1 N–H and O–H groups in total. The Labute approximate surface area is 231 Å². The van der Waals surface area contributed by atoms with Gasteiger partial charge in [0.1, 0.15) is 10.3 Å². The summed E-state index contributed by atoms with van der Waals surface area (Å²) in [6.07, 6.45) is 3.86. The second kappa shape index (κ2) is 11.8. The Morgan fingerprint density at radius 2 is 1.79 bits per heavy atom. The van der Waals surface area contributed by atoms with Gasteiger partial charge in [0.05, 0.1) is 17.8 Å². The van der Waals surface area contributed by atoms with Crippen molar-refractivity contribution in [3.05, 3.63) is 114 Å². The van der Waals surface area contributed by atoms with Gasteiger partial charge in [-0.15, -0.1) is 11.3 Å². The van der Waals surface area contributed by atoms with Gasteiger partial charge < -0.3 is 5.32 Å². The average molecular weight is 564 g/mol. The molecule has 0 aliphatic carbocycles. The maximum absolute atomic E-state index is 13.4. The number of amides is 1. The summed E-state index contributed by atoms with van der Waals surface area (Å²) in [7, 11) is 0. The van der Waals surface area contributed by atoms with Crippen LogP contribution in [0.3, 0.4) is 0 Å². The number of hydrogen-bond acceptors (Lipinski definition) is 6. The lowest BCUT2D eigenvalue weighted by atomic mass is 10.1. The van der Waals surface area contributed by atoms with Gasteiger partial charge >= 0.3 is 5.69 Å². The molecule has 4 aromatic heterocycles. The molecule has 39 heavy (non-hydrogen) atoms. The number of fused-ring (bicyclic) bond motifs is 2. The monoisotopic (exact) mass is 563 g/mol. The number of rotatable bonds is 10. The van der Waals surface area contributed by atoms with Crippen molar-refractivity contribution in [2.75, 3.05) is 0 Å². The number of nitrogens with one attached hydrogen (secondary N) is 1. The van der Waals surface area contributed by atoms with Gasteiger partial charge in [-0.1, -0.05) is 42.3 Å². The Balaban J connectivity index is 1.25. The van der Waals surface area contributed by atoms with E-state index in [4.69, 9.17) is 11.6 Å². The number of thiophene rings is 1. The number of aromatic nitrogens is 4. The fraction of sp³-hybridized carbons (Fsp3) is 0.250. The number of halogens is 1. The molecular formula is C28H26ClN5O4S. The van der Waals surface area contributed by atoms with E-state index in [9.17, 15) is 19.2 Å². The van der Waals surface area contributed by atoms with Gasteiger partial charge in [0, 0.05) is 36.8 Å². The molecule has 1 amide bonds. The van der Waals surface area contributed by atoms with Crippen molar-refractivity contribution in [2.45, 2.75) is 45.3 Å². The summed E-state index contributed by atoms with van der Waals surface area (Å²) in [6, 6.07) is 15.8. The maximum Gasteiger partial charge on any atom is 0.331 e. The van der Waals surface area contributed by atoms with Crippen molar-refractivity contribution in [2.24, 2.45) is 0 Å². The number of hydrogen-bond donors (Lipinski definition) is 1. The number of unbranched alkanes of at least 4 members (excludes halogenated alkanes) is 2. The van der Waals surface area contributed by atoms with Crippen LogP contribution in [0.5, 0.6) is 0 Å². The molecule has 5 aromatic rings. The average Bonchev–Trinajstić information content (AvgIpc) is 3.42. The molecular weight excluding hydrogens is 538 g/mol. The summed E-state index contributed by atoms with van der Waals surface area (Å²) in [5.41, 5.74) is 1.29. The lowest BCUT2D eigenvalue weighted by molar-refractivity contribution is -0.121. The second-order valence-corrected chi connectivity index (χ2v) is 10.5. The van der Waals surface area contributed by atoms with E-state index in [-0.39, 0.29) is 30.1 Å². The van der Waals surface area contributed by atoms with Crippen molar-refractivity contribution in [1.29, 1.82) is 0 Å². The van der Waals surface area contributed by atoms with Crippen molar-refractivity contribution in [1.82, 2.24) is 23.8 Å². The third-order valence-electron chi connectivity index (χ3n) is 6.50. The summed E-state index contributed by atoms with van der Waals surface area (Å²) in [5.74, 6) is -0.0757. The molecule has 200 valence electrons. The number of nitrogens with zero attached hydrogens (tertiary/aromatic N) is 4. The quantitative estimate of drug-likeness (QED) is 0.260. The zero-order chi connectivity index (χ0) is 27.4. The summed E-state index contributed by atoms with van der Waals surface area (Å²) in [5, 5.41) is 5.25. The highest BCUT2D eigenvalue weighted by molar-refractivity contribution is 7.17. The molecule has 0 radical (unpaired) electrons. The van der Waals surface area contributed by atoms with Gasteiger partial charge in [0.15, 0.2) is 0 Å². The first kappa shape index (κ1) is 26.6. The zero-order valence-electron chi connectivity index (χ0n) is 21.0. The summed E-state index contributed by atoms with van der Waals surface area (Å²) in [6.45, 7) is 0.673. The minimum atomic E-state index is -0.446. The van der Waals surface area contributed by atoms with E-state index in [0.29, 0.717) is 58.8 Å². The lowest BCUT2D eigenvalue weighted by Gasteiger charge is -2.12. The van der Waals surface area contributed by atoms with Crippen LogP contribution >= 0.6 is 22.9 Å². The first-order valence-electron chi connectivity index (χ1n) is 12.6. The van der Waals surface area contributed by atoms with Crippen molar-refractivity contribution >= 4 is 44.7 Å². The molecule has 0 bridgehead atoms. The molecule has 4 heterocycles. The minimum absolute atomic E-state index is 0.0680. The predicted octanol–water partition coefficient (Wildman–Crippen LogP) is 3.81. The Hall–Kier alpha value is -4.02. The highest BCUT2D eigenvalue weighted by Crippen LogP contribution is 2.17. The number of pyridine rings is 1. The molecule has 0 aliphatic rings. The molecule has 9 nitrogen and oxygen atoms in total. The topological polar surface area (TPSA) is 107 Å². The molecule has 0 aliphatic heterocycles. The SMILES string of the molecule is O=C(CCCCCn1c(=O)c2sccc2n(Cc2cc(=O)n3ccccc3n2)c1=O)NCc1ccccc1Cl. The first-order valence-corrected chi connectivity index (χ1v) is 13.9. The Kier molecular flexibility index (Phi) is 8.04. The minimum Gasteiger partial charge on any atom is -0.352 e. The van der Waals surface area contributed by atoms with E-state index in [1.54, 1.807) is 41.9 Å². The van der Waals surface area contributed by atoms with E-state index < -0.39 is 5.69 Å². The smallest absolute Gasteiger partial charge is 0.331 e. The fourth-order valence-electron chi connectivity index (χ4n) is 4.49. The largest absolute Gasteiger partial charge is 0.352 e. The van der Waals surface area contributed by atoms with Crippen LogP contribution in [0.4, 0.5) is 0 Å². The van der Waals surface area contributed by atoms with Crippen molar-refractivity contribution < 1.29 is 4.79 Å². The maximum atomic E-state index is 13.4. The third kappa shape index (κ3) is 5.86. The lowest BCUT2D eigenvalue weighted by Crippen LogP contribution is -2.40. The first-order chi connectivity index (χ1) is 18.9. The van der Waals surface area contributed by atoms with E-state index in [1.807, 2.05) is 18.2 Å². The highest BCUT2D eigenvalue weighted by atomic mass is 35.5. The summed E-state index contributed by atoms with van der Waals surface area (Å²) >= 11 is 7.41. The van der Waals surface area contributed by atoms with E-state index >= 15 is 0 Å². The van der Waals surface area contributed by atoms with Gasteiger partial charge in [-0.05, 0) is 48.1 Å². The molecule has 0 spiro atoms. The van der Waals surface area contributed by atoms with Gasteiger partial charge in [0.25, 0.3) is 11.1 Å². The van der Waals surface area contributed by atoms with Crippen LogP contribution in [0.15, 0.2) is 80.6 Å². The van der Waals surface area contributed by atoms with Crippen LogP contribution in [0.25, 0.3) is 15.9 Å². The number of carbonyl (C=O) groups is 1. The molecule has 0 fully saturated rings.